The van der Waals surface area contributed by atoms with Crippen molar-refractivity contribution < 1.29 is 26.2 Å². The molecule has 2 N–H and O–H groups in total. The summed E-state index contributed by atoms with van der Waals surface area (Å²) in [5.41, 5.74) is 1.26. The minimum absolute atomic E-state index is 0.120. The van der Waals surface area contributed by atoms with Crippen LogP contribution in [0.4, 0.5) is 0 Å². The molecular weight excluding hydrogens is 416 g/mol. The average Bonchev–Trinajstić information content (AvgIpc) is 2.62. The highest BCUT2D eigenvalue weighted by Gasteiger charge is 2.27. The second kappa shape index (κ2) is 11.6. The van der Waals surface area contributed by atoms with Crippen molar-refractivity contribution in [1.29, 1.82) is 0 Å². The summed E-state index contributed by atoms with van der Waals surface area (Å²) in [5.74, 6) is 5.00. The lowest BCUT2D eigenvalue weighted by molar-refractivity contribution is -0.0977. The second-order valence-corrected chi connectivity index (χ2v) is 10.2. The van der Waals surface area contributed by atoms with E-state index in [9.17, 15) is 22.0 Å². The van der Waals surface area contributed by atoms with E-state index in [1.165, 1.54) is 7.05 Å². The Balaban J connectivity index is 2.92. The average molecular weight is 447 g/mol. The first-order valence-corrected chi connectivity index (χ1v) is 12.7. The van der Waals surface area contributed by atoms with Crippen LogP contribution >= 0.6 is 0 Å². The van der Waals surface area contributed by atoms with E-state index >= 15 is 0 Å². The summed E-state index contributed by atoms with van der Waals surface area (Å²) in [7, 11) is -5.92. The number of hydroxylamine groups is 2. The number of unbranched alkanes of at least 4 members (excludes halogenated alkanes) is 1. The zero-order chi connectivity index (χ0) is 22.1. The van der Waals surface area contributed by atoms with Crippen LogP contribution in [-0.2, 0) is 30.9 Å². The van der Waals surface area contributed by atoms with E-state index in [1.807, 2.05) is 6.92 Å². The Morgan fingerprint density at radius 1 is 1.21 bits per heavy atom. The number of sulfonamides is 1. The summed E-state index contributed by atoms with van der Waals surface area (Å²) in [6.07, 6.45) is 2.56. The Hall–Kier alpha value is -1.48. The summed E-state index contributed by atoms with van der Waals surface area (Å²) >= 11 is 0. The molecule has 1 rings (SSSR count). The van der Waals surface area contributed by atoms with E-state index in [-0.39, 0.29) is 6.54 Å². The van der Waals surface area contributed by atoms with Crippen LogP contribution in [0.1, 0.15) is 50.3 Å². The number of rotatable bonds is 12. The first-order chi connectivity index (χ1) is 13.5. The van der Waals surface area contributed by atoms with Crippen LogP contribution in [0.15, 0.2) is 24.3 Å². The third kappa shape index (κ3) is 10.2. The molecule has 1 aromatic rings. The Morgan fingerprint density at radius 3 is 2.31 bits per heavy atom. The molecule has 0 saturated carbocycles. The van der Waals surface area contributed by atoms with E-state index in [1.54, 1.807) is 31.2 Å². The molecule has 164 valence electrons. The Morgan fingerprint density at radius 2 is 1.83 bits per heavy atom. The van der Waals surface area contributed by atoms with Gasteiger partial charge in [-0.1, -0.05) is 50.0 Å². The van der Waals surface area contributed by atoms with Gasteiger partial charge < -0.3 is 5.21 Å². The fourth-order valence-electron chi connectivity index (χ4n) is 2.60. The standard InChI is InChI=1S/C19H30N2O6S2/c1-5-7-9-18(8-6-2)27-29(25,26)15-19(21(3)22)17-12-10-16(11-13-17)14-20-28(4,23)24/h10-13,18-20,22H,5,7,9,14-15H2,1-4H3. The molecule has 0 aliphatic heterocycles. The highest BCUT2D eigenvalue weighted by atomic mass is 32.2. The molecule has 0 aliphatic rings. The van der Waals surface area contributed by atoms with Gasteiger partial charge in [-0.3, -0.25) is 4.18 Å². The highest BCUT2D eigenvalue weighted by molar-refractivity contribution is 7.88. The van der Waals surface area contributed by atoms with Gasteiger partial charge in [-0.15, -0.1) is 5.92 Å². The molecule has 0 aliphatic carbocycles. The third-order valence-electron chi connectivity index (χ3n) is 4.10. The topological polar surface area (TPSA) is 113 Å². The van der Waals surface area contributed by atoms with Crippen LogP contribution in [0.5, 0.6) is 0 Å². The number of nitrogens with zero attached hydrogens (tertiary/aromatic N) is 1. The number of nitrogens with one attached hydrogen (secondary N) is 1. The molecule has 0 radical (unpaired) electrons. The normalized spacial score (nSPS) is 14.3. The largest absolute Gasteiger partial charge is 0.314 e. The smallest absolute Gasteiger partial charge is 0.270 e. The SMILES string of the molecule is CC#CC(CCCC)OS(=O)(=O)CC(c1ccc(CNS(C)(=O)=O)cc1)N(C)O. The maximum Gasteiger partial charge on any atom is 0.270 e. The van der Waals surface area contributed by atoms with Crippen LogP contribution in [-0.4, -0.2) is 52.3 Å². The van der Waals surface area contributed by atoms with Crippen LogP contribution in [0, 0.1) is 11.8 Å². The van der Waals surface area contributed by atoms with Gasteiger partial charge in [0.1, 0.15) is 6.10 Å². The molecular formula is C19H30N2O6S2. The highest BCUT2D eigenvalue weighted by Crippen LogP contribution is 2.22. The molecule has 0 amide bonds. The van der Waals surface area contributed by atoms with Gasteiger partial charge in [0.2, 0.25) is 10.0 Å². The summed E-state index contributed by atoms with van der Waals surface area (Å²) in [5, 5.41) is 10.8. The van der Waals surface area contributed by atoms with Crippen LogP contribution in [0.2, 0.25) is 0 Å². The van der Waals surface area contributed by atoms with Crippen molar-refractivity contribution in [2.45, 2.75) is 51.8 Å². The Kier molecular flexibility index (Phi) is 10.3. The predicted octanol–water partition coefficient (Wildman–Crippen LogP) is 2.03. The number of benzene rings is 1. The lowest BCUT2D eigenvalue weighted by Crippen LogP contribution is -2.30. The minimum atomic E-state index is -3.96. The number of hydrogen-bond donors (Lipinski definition) is 2. The monoisotopic (exact) mass is 446 g/mol. The lowest BCUT2D eigenvalue weighted by atomic mass is 10.1. The summed E-state index contributed by atoms with van der Waals surface area (Å²) in [6, 6.07) is 5.78. The predicted molar refractivity (Wildman–Crippen MR) is 112 cm³/mol. The van der Waals surface area contributed by atoms with Crippen molar-refractivity contribution in [3.63, 3.8) is 0 Å². The van der Waals surface area contributed by atoms with Crippen molar-refractivity contribution in [1.82, 2.24) is 9.79 Å². The van der Waals surface area contributed by atoms with Gasteiger partial charge in [0, 0.05) is 13.6 Å². The quantitative estimate of drug-likeness (QED) is 0.287. The van der Waals surface area contributed by atoms with Crippen molar-refractivity contribution in [2.24, 2.45) is 0 Å². The van der Waals surface area contributed by atoms with Crippen molar-refractivity contribution in [2.75, 3.05) is 19.1 Å². The lowest BCUT2D eigenvalue weighted by Gasteiger charge is -2.23. The molecule has 0 fully saturated rings. The second-order valence-electron chi connectivity index (χ2n) is 6.77. The Bertz CT molecular complexity index is 900. The first-order valence-electron chi connectivity index (χ1n) is 9.25. The van der Waals surface area contributed by atoms with Gasteiger partial charge in [0.05, 0.1) is 18.1 Å². The zero-order valence-electron chi connectivity index (χ0n) is 17.3. The fraction of sp³-hybridized carbons (Fsp3) is 0.579. The molecule has 0 spiro atoms. The molecule has 8 nitrogen and oxygen atoms in total. The molecule has 29 heavy (non-hydrogen) atoms. The molecule has 0 heterocycles. The van der Waals surface area contributed by atoms with Gasteiger partial charge in [0.25, 0.3) is 10.1 Å². The molecule has 0 bridgehead atoms. The summed E-state index contributed by atoms with van der Waals surface area (Å²) in [4.78, 5) is 0. The van der Waals surface area contributed by atoms with Crippen LogP contribution < -0.4 is 4.72 Å². The van der Waals surface area contributed by atoms with Crippen molar-refractivity contribution in [3.8, 4) is 11.8 Å². The van der Waals surface area contributed by atoms with E-state index in [2.05, 4.69) is 16.6 Å². The van der Waals surface area contributed by atoms with Crippen LogP contribution in [0.25, 0.3) is 0 Å². The minimum Gasteiger partial charge on any atom is -0.314 e. The maximum atomic E-state index is 12.5. The third-order valence-corrected chi connectivity index (χ3v) is 6.02. The van der Waals surface area contributed by atoms with E-state index in [0.29, 0.717) is 17.5 Å². The van der Waals surface area contributed by atoms with E-state index < -0.39 is 38.0 Å². The molecule has 0 saturated heterocycles. The van der Waals surface area contributed by atoms with Crippen molar-refractivity contribution in [3.05, 3.63) is 35.4 Å². The summed E-state index contributed by atoms with van der Waals surface area (Å²) in [6.45, 7) is 3.74. The van der Waals surface area contributed by atoms with Gasteiger partial charge >= 0.3 is 0 Å². The summed E-state index contributed by atoms with van der Waals surface area (Å²) < 4.78 is 55.1. The number of hydrogen-bond acceptors (Lipinski definition) is 7. The first kappa shape index (κ1) is 25.6. The van der Waals surface area contributed by atoms with Crippen LogP contribution in [0.3, 0.4) is 0 Å². The molecule has 1 aromatic carbocycles. The molecule has 2 atom stereocenters. The molecule has 0 aromatic heterocycles. The van der Waals surface area contributed by atoms with Gasteiger partial charge in [-0.2, -0.15) is 13.5 Å². The van der Waals surface area contributed by atoms with Crippen molar-refractivity contribution >= 4 is 20.1 Å². The van der Waals surface area contributed by atoms with Gasteiger partial charge in [-0.05, 0) is 24.5 Å². The zero-order valence-corrected chi connectivity index (χ0v) is 18.9. The Labute approximate surface area is 174 Å². The van der Waals surface area contributed by atoms with E-state index in [0.717, 1.165) is 24.2 Å². The molecule has 10 heteroatoms. The molecule has 2 unspecified atom stereocenters. The van der Waals surface area contributed by atoms with Gasteiger partial charge in [0.15, 0.2) is 0 Å². The maximum absolute atomic E-state index is 12.5. The van der Waals surface area contributed by atoms with Gasteiger partial charge in [-0.25, -0.2) is 13.1 Å². The fourth-order valence-corrected chi connectivity index (χ4v) is 4.40. The van der Waals surface area contributed by atoms with E-state index in [4.69, 9.17) is 4.18 Å².